The van der Waals surface area contributed by atoms with E-state index in [-0.39, 0.29) is 23.2 Å². The van der Waals surface area contributed by atoms with E-state index in [9.17, 15) is 9.59 Å². The Hall–Kier alpha value is -2.41. The Morgan fingerprint density at radius 3 is 2.62 bits per heavy atom. The van der Waals surface area contributed by atoms with Gasteiger partial charge in [0.15, 0.2) is 0 Å². The van der Waals surface area contributed by atoms with Crippen molar-refractivity contribution < 1.29 is 18.7 Å². The number of rotatable bonds is 5. The van der Waals surface area contributed by atoms with Gasteiger partial charge in [-0.2, -0.15) is 0 Å². The van der Waals surface area contributed by atoms with Crippen molar-refractivity contribution in [1.82, 2.24) is 10.2 Å². The van der Waals surface area contributed by atoms with E-state index in [0.29, 0.717) is 17.1 Å². The summed E-state index contributed by atoms with van der Waals surface area (Å²) in [6, 6.07) is 8.57. The van der Waals surface area contributed by atoms with Crippen molar-refractivity contribution in [2.24, 2.45) is 0 Å². The summed E-state index contributed by atoms with van der Waals surface area (Å²) in [6.45, 7) is 0. The molecule has 2 unspecified atom stereocenters. The lowest BCUT2D eigenvalue weighted by Crippen LogP contribution is -2.48. The van der Waals surface area contributed by atoms with Gasteiger partial charge in [0.2, 0.25) is 5.91 Å². The minimum absolute atomic E-state index is 0.0761. The summed E-state index contributed by atoms with van der Waals surface area (Å²) in [4.78, 5) is 27.6. The fourth-order valence-electron chi connectivity index (χ4n) is 3.04. The SMILES string of the molecule is COc1ccc(C(=O)N2C(C(=O)NC3CC3)CSC2c2ccoc2)cc1. The molecule has 0 radical (unpaired) electrons. The van der Waals surface area contributed by atoms with Gasteiger partial charge in [0.25, 0.3) is 5.91 Å². The molecule has 2 heterocycles. The highest BCUT2D eigenvalue weighted by Crippen LogP contribution is 2.42. The van der Waals surface area contributed by atoms with Gasteiger partial charge in [0.1, 0.15) is 17.2 Å². The van der Waals surface area contributed by atoms with Crippen LogP contribution >= 0.6 is 11.8 Å². The Bertz CT molecular complexity index is 786. The lowest BCUT2D eigenvalue weighted by Gasteiger charge is -2.28. The van der Waals surface area contributed by atoms with Gasteiger partial charge in [-0.1, -0.05) is 0 Å². The molecule has 4 rings (SSSR count). The number of methoxy groups -OCH3 is 1. The van der Waals surface area contributed by atoms with Crippen molar-refractivity contribution in [2.45, 2.75) is 30.3 Å². The lowest BCUT2D eigenvalue weighted by atomic mass is 10.1. The molecule has 1 aromatic heterocycles. The highest BCUT2D eigenvalue weighted by atomic mass is 32.2. The van der Waals surface area contributed by atoms with E-state index < -0.39 is 6.04 Å². The number of nitrogens with zero attached hydrogens (tertiary/aromatic N) is 1. The Kier molecular flexibility index (Phi) is 4.63. The molecule has 2 atom stereocenters. The first-order valence-electron chi connectivity index (χ1n) is 8.58. The fraction of sp³-hybridized carbons (Fsp3) is 0.368. The molecule has 6 nitrogen and oxygen atoms in total. The number of hydrogen-bond acceptors (Lipinski definition) is 5. The highest BCUT2D eigenvalue weighted by Gasteiger charge is 2.44. The molecule has 2 fully saturated rings. The number of furan rings is 1. The lowest BCUT2D eigenvalue weighted by molar-refractivity contribution is -0.125. The standard InChI is InChI=1S/C19H20N2O4S/c1-24-15-6-2-12(3-7-15)18(23)21-16(17(22)20-14-4-5-14)11-26-19(21)13-8-9-25-10-13/h2-3,6-10,14,16,19H,4-5,11H2,1H3,(H,20,22). The minimum Gasteiger partial charge on any atom is -0.497 e. The first-order valence-corrected chi connectivity index (χ1v) is 9.63. The van der Waals surface area contributed by atoms with Crippen LogP contribution in [0.25, 0.3) is 0 Å². The van der Waals surface area contributed by atoms with Gasteiger partial charge in [-0.15, -0.1) is 11.8 Å². The van der Waals surface area contributed by atoms with Crippen LogP contribution in [0.1, 0.15) is 34.1 Å². The topological polar surface area (TPSA) is 71.8 Å². The zero-order valence-corrected chi connectivity index (χ0v) is 15.2. The molecule has 0 bridgehead atoms. The number of carbonyl (C=O) groups is 2. The summed E-state index contributed by atoms with van der Waals surface area (Å²) in [5, 5.41) is 2.79. The molecular weight excluding hydrogens is 352 g/mol. The Labute approximate surface area is 155 Å². The highest BCUT2D eigenvalue weighted by molar-refractivity contribution is 7.99. The zero-order valence-electron chi connectivity index (χ0n) is 14.4. The summed E-state index contributed by atoms with van der Waals surface area (Å²) < 4.78 is 10.4. The van der Waals surface area contributed by atoms with Crippen LogP contribution in [0.3, 0.4) is 0 Å². The monoisotopic (exact) mass is 372 g/mol. The summed E-state index contributed by atoms with van der Waals surface area (Å²) in [7, 11) is 1.58. The van der Waals surface area contributed by atoms with E-state index >= 15 is 0 Å². The van der Waals surface area contributed by atoms with Crippen LogP contribution in [-0.2, 0) is 4.79 Å². The fourth-order valence-corrected chi connectivity index (χ4v) is 4.44. The molecule has 1 aliphatic heterocycles. The molecular formula is C19H20N2O4S. The van der Waals surface area contributed by atoms with Crippen LogP contribution in [0.15, 0.2) is 47.3 Å². The molecule has 136 valence electrons. The zero-order chi connectivity index (χ0) is 18.1. The molecule has 1 saturated carbocycles. The summed E-state index contributed by atoms with van der Waals surface area (Å²) in [5.41, 5.74) is 1.42. The molecule has 1 aromatic carbocycles. The predicted molar refractivity (Wildman–Crippen MR) is 98.0 cm³/mol. The molecule has 26 heavy (non-hydrogen) atoms. The van der Waals surface area contributed by atoms with E-state index in [4.69, 9.17) is 9.15 Å². The van der Waals surface area contributed by atoms with E-state index in [1.54, 1.807) is 60.6 Å². The van der Waals surface area contributed by atoms with Gasteiger partial charge in [-0.3, -0.25) is 9.59 Å². The maximum absolute atomic E-state index is 13.2. The van der Waals surface area contributed by atoms with Gasteiger partial charge in [0.05, 0.1) is 19.6 Å². The quantitative estimate of drug-likeness (QED) is 0.874. The number of ether oxygens (including phenoxy) is 1. The second-order valence-corrected chi connectivity index (χ2v) is 7.60. The van der Waals surface area contributed by atoms with Crippen molar-refractivity contribution in [3.8, 4) is 5.75 Å². The molecule has 2 aromatic rings. The van der Waals surface area contributed by atoms with Crippen LogP contribution in [-0.4, -0.2) is 41.7 Å². The normalized spacial score (nSPS) is 22.3. The Morgan fingerprint density at radius 1 is 1.23 bits per heavy atom. The third kappa shape index (κ3) is 3.31. The van der Waals surface area contributed by atoms with Crippen molar-refractivity contribution in [2.75, 3.05) is 12.9 Å². The van der Waals surface area contributed by atoms with Crippen molar-refractivity contribution in [3.63, 3.8) is 0 Å². The van der Waals surface area contributed by atoms with Crippen molar-refractivity contribution in [3.05, 3.63) is 54.0 Å². The van der Waals surface area contributed by atoms with Crippen LogP contribution in [0.4, 0.5) is 0 Å². The van der Waals surface area contributed by atoms with Crippen molar-refractivity contribution in [1.29, 1.82) is 0 Å². The predicted octanol–water partition coefficient (Wildman–Crippen LogP) is 2.82. The molecule has 1 saturated heterocycles. The Morgan fingerprint density at radius 2 is 2.00 bits per heavy atom. The van der Waals surface area contributed by atoms with Gasteiger partial charge in [-0.25, -0.2) is 0 Å². The van der Waals surface area contributed by atoms with Crippen LogP contribution in [0, 0.1) is 0 Å². The smallest absolute Gasteiger partial charge is 0.255 e. The second kappa shape index (κ2) is 7.07. The third-order valence-electron chi connectivity index (χ3n) is 4.63. The second-order valence-electron chi connectivity index (χ2n) is 6.48. The summed E-state index contributed by atoms with van der Waals surface area (Å²) >= 11 is 1.58. The molecule has 2 amide bonds. The summed E-state index contributed by atoms with van der Waals surface area (Å²) in [6.07, 6.45) is 5.25. The molecule has 1 N–H and O–H groups in total. The molecule has 2 aliphatic rings. The number of hydrogen-bond donors (Lipinski definition) is 1. The van der Waals surface area contributed by atoms with E-state index in [2.05, 4.69) is 5.32 Å². The first kappa shape index (κ1) is 17.0. The largest absolute Gasteiger partial charge is 0.497 e. The molecule has 1 aliphatic carbocycles. The van der Waals surface area contributed by atoms with Gasteiger partial charge < -0.3 is 19.4 Å². The first-order chi connectivity index (χ1) is 12.7. The van der Waals surface area contributed by atoms with E-state index in [1.807, 2.05) is 6.07 Å². The molecule has 0 spiro atoms. The number of carbonyl (C=O) groups excluding carboxylic acids is 2. The van der Waals surface area contributed by atoms with Gasteiger partial charge in [0, 0.05) is 22.9 Å². The van der Waals surface area contributed by atoms with Gasteiger partial charge in [-0.05, 0) is 43.2 Å². The van der Waals surface area contributed by atoms with Crippen LogP contribution in [0.2, 0.25) is 0 Å². The number of thioether (sulfide) groups is 1. The van der Waals surface area contributed by atoms with E-state index in [0.717, 1.165) is 18.4 Å². The van der Waals surface area contributed by atoms with Crippen LogP contribution < -0.4 is 10.1 Å². The maximum atomic E-state index is 13.2. The third-order valence-corrected chi connectivity index (χ3v) is 5.95. The number of benzene rings is 1. The number of amides is 2. The van der Waals surface area contributed by atoms with Crippen molar-refractivity contribution >= 4 is 23.6 Å². The van der Waals surface area contributed by atoms with Gasteiger partial charge >= 0.3 is 0 Å². The number of nitrogens with one attached hydrogen (secondary N) is 1. The average molecular weight is 372 g/mol. The van der Waals surface area contributed by atoms with E-state index in [1.165, 1.54) is 0 Å². The average Bonchev–Trinajstić information content (AvgIpc) is 3.15. The minimum atomic E-state index is -0.491. The van der Waals surface area contributed by atoms with Crippen LogP contribution in [0.5, 0.6) is 5.75 Å². The maximum Gasteiger partial charge on any atom is 0.255 e. The molecule has 7 heteroatoms. The Balaban J connectivity index is 1.62. The summed E-state index contributed by atoms with van der Waals surface area (Å²) in [5.74, 6) is 1.01.